The summed E-state index contributed by atoms with van der Waals surface area (Å²) >= 11 is 0. The Morgan fingerprint density at radius 2 is 1.87 bits per heavy atom. The van der Waals surface area contributed by atoms with Crippen molar-refractivity contribution in [3.8, 4) is 5.75 Å². The molecule has 2 rings (SSSR count). The van der Waals surface area contributed by atoms with Crippen LogP contribution in [0.25, 0.3) is 0 Å². The highest BCUT2D eigenvalue weighted by atomic mass is 16.5. The van der Waals surface area contributed by atoms with Crippen LogP contribution >= 0.6 is 0 Å². The summed E-state index contributed by atoms with van der Waals surface area (Å²) in [4.78, 5) is 2.61. The fourth-order valence-electron chi connectivity index (χ4n) is 3.89. The quantitative estimate of drug-likeness (QED) is 0.716. The van der Waals surface area contributed by atoms with E-state index in [0.29, 0.717) is 18.6 Å². The molecule has 0 amide bonds. The molecule has 0 aliphatic carbocycles. The number of rotatable bonds is 8. The second-order valence-corrected chi connectivity index (χ2v) is 6.92. The average Bonchev–Trinajstić information content (AvgIpc) is 2.56. The van der Waals surface area contributed by atoms with Gasteiger partial charge in [-0.3, -0.25) is 4.90 Å². The molecule has 1 heterocycles. The van der Waals surface area contributed by atoms with E-state index < -0.39 is 0 Å². The zero-order valence-corrected chi connectivity index (χ0v) is 15.1. The van der Waals surface area contributed by atoms with Crippen LogP contribution in [0.5, 0.6) is 5.75 Å². The van der Waals surface area contributed by atoms with Gasteiger partial charge in [0.15, 0.2) is 0 Å². The van der Waals surface area contributed by atoms with Crippen molar-refractivity contribution in [2.75, 3.05) is 13.2 Å². The van der Waals surface area contributed by atoms with Gasteiger partial charge >= 0.3 is 0 Å². The molecule has 1 fully saturated rings. The van der Waals surface area contributed by atoms with Gasteiger partial charge in [-0.2, -0.15) is 0 Å². The molecule has 1 aliphatic heterocycles. The SMILES string of the molecule is CCCCCOc1ccccc1C(CN)N1C(C)CCCC1C. The van der Waals surface area contributed by atoms with Crippen LogP contribution < -0.4 is 10.5 Å². The molecule has 0 aromatic heterocycles. The number of piperidine rings is 1. The Kier molecular flexibility index (Phi) is 7.38. The average molecular weight is 319 g/mol. The minimum atomic E-state index is 0.252. The maximum atomic E-state index is 6.21. The number of benzene rings is 1. The van der Waals surface area contributed by atoms with E-state index in [2.05, 4.69) is 49.9 Å². The van der Waals surface area contributed by atoms with E-state index in [1.54, 1.807) is 0 Å². The van der Waals surface area contributed by atoms with Gasteiger partial charge in [-0.05, 0) is 39.2 Å². The Labute approximate surface area is 142 Å². The summed E-state index contributed by atoms with van der Waals surface area (Å²) in [7, 11) is 0. The molecule has 1 aromatic rings. The van der Waals surface area contributed by atoms with Crippen molar-refractivity contribution in [1.82, 2.24) is 4.90 Å². The number of likely N-dealkylation sites (tertiary alicyclic amines) is 1. The minimum Gasteiger partial charge on any atom is -0.493 e. The van der Waals surface area contributed by atoms with Gasteiger partial charge in [-0.1, -0.05) is 44.4 Å². The van der Waals surface area contributed by atoms with Crippen molar-refractivity contribution in [3.05, 3.63) is 29.8 Å². The predicted molar refractivity (Wildman–Crippen MR) is 97.9 cm³/mol. The van der Waals surface area contributed by atoms with Crippen molar-refractivity contribution < 1.29 is 4.74 Å². The second-order valence-electron chi connectivity index (χ2n) is 6.92. The molecule has 2 N–H and O–H groups in total. The lowest BCUT2D eigenvalue weighted by Gasteiger charge is -2.44. The largest absolute Gasteiger partial charge is 0.493 e. The minimum absolute atomic E-state index is 0.252. The van der Waals surface area contributed by atoms with Crippen molar-refractivity contribution >= 4 is 0 Å². The monoisotopic (exact) mass is 318 g/mol. The molecule has 3 nitrogen and oxygen atoms in total. The molecule has 0 radical (unpaired) electrons. The van der Waals surface area contributed by atoms with Crippen molar-refractivity contribution in [2.45, 2.75) is 77.4 Å². The van der Waals surface area contributed by atoms with Gasteiger partial charge in [0, 0.05) is 24.2 Å². The Morgan fingerprint density at radius 3 is 2.52 bits per heavy atom. The highest BCUT2D eigenvalue weighted by molar-refractivity contribution is 5.36. The Morgan fingerprint density at radius 1 is 1.17 bits per heavy atom. The molecule has 3 atom stereocenters. The molecule has 1 aromatic carbocycles. The van der Waals surface area contributed by atoms with Crippen LogP contribution in [0.2, 0.25) is 0 Å². The summed E-state index contributed by atoms with van der Waals surface area (Å²) in [5.74, 6) is 1.02. The third-order valence-corrected chi connectivity index (χ3v) is 5.13. The fourth-order valence-corrected chi connectivity index (χ4v) is 3.89. The van der Waals surface area contributed by atoms with Crippen molar-refractivity contribution in [2.24, 2.45) is 5.73 Å². The molecule has 0 saturated carbocycles. The molecule has 1 aliphatic rings. The van der Waals surface area contributed by atoms with Crippen LogP contribution in [-0.4, -0.2) is 30.1 Å². The van der Waals surface area contributed by atoms with Crippen LogP contribution in [0.1, 0.15) is 70.9 Å². The normalized spacial score (nSPS) is 23.7. The molecule has 1 saturated heterocycles. The molecule has 23 heavy (non-hydrogen) atoms. The fraction of sp³-hybridized carbons (Fsp3) is 0.700. The first-order valence-corrected chi connectivity index (χ1v) is 9.38. The van der Waals surface area contributed by atoms with E-state index in [1.807, 2.05) is 0 Å². The first-order chi connectivity index (χ1) is 11.2. The molecular weight excluding hydrogens is 284 g/mol. The van der Waals surface area contributed by atoms with Crippen molar-refractivity contribution in [3.63, 3.8) is 0 Å². The zero-order chi connectivity index (χ0) is 16.7. The standard InChI is InChI=1S/C20H34N2O/c1-4-5-8-14-23-20-13-7-6-12-18(20)19(15-21)22-16(2)10-9-11-17(22)3/h6-7,12-13,16-17,19H,4-5,8-11,14-15,21H2,1-3H3. The summed E-state index contributed by atoms with van der Waals surface area (Å²) < 4.78 is 6.10. The lowest BCUT2D eigenvalue weighted by Crippen LogP contribution is -2.48. The number of hydrogen-bond acceptors (Lipinski definition) is 3. The number of ether oxygens (including phenoxy) is 1. The second kappa shape index (κ2) is 9.29. The third kappa shape index (κ3) is 4.71. The number of unbranched alkanes of at least 4 members (excludes halogenated alkanes) is 2. The lowest BCUT2D eigenvalue weighted by molar-refractivity contribution is 0.0563. The first-order valence-electron chi connectivity index (χ1n) is 9.38. The van der Waals surface area contributed by atoms with E-state index in [9.17, 15) is 0 Å². The Hall–Kier alpha value is -1.06. The maximum absolute atomic E-state index is 6.21. The molecule has 130 valence electrons. The summed E-state index contributed by atoms with van der Waals surface area (Å²) in [6.45, 7) is 8.33. The highest BCUT2D eigenvalue weighted by Gasteiger charge is 2.32. The van der Waals surface area contributed by atoms with E-state index in [4.69, 9.17) is 10.5 Å². The Balaban J connectivity index is 2.16. The third-order valence-electron chi connectivity index (χ3n) is 5.13. The number of hydrogen-bond donors (Lipinski definition) is 1. The molecule has 3 heteroatoms. The lowest BCUT2D eigenvalue weighted by atomic mass is 9.92. The zero-order valence-electron chi connectivity index (χ0n) is 15.1. The smallest absolute Gasteiger partial charge is 0.124 e. The van der Waals surface area contributed by atoms with Crippen molar-refractivity contribution in [1.29, 1.82) is 0 Å². The first kappa shape index (κ1) is 18.3. The van der Waals surface area contributed by atoms with E-state index in [0.717, 1.165) is 18.8 Å². The summed E-state index contributed by atoms with van der Waals surface area (Å²) in [5, 5.41) is 0. The van der Waals surface area contributed by atoms with Gasteiger partial charge in [0.25, 0.3) is 0 Å². The topological polar surface area (TPSA) is 38.5 Å². The van der Waals surface area contributed by atoms with Gasteiger partial charge in [0.1, 0.15) is 5.75 Å². The van der Waals surface area contributed by atoms with Gasteiger partial charge in [-0.15, -0.1) is 0 Å². The van der Waals surface area contributed by atoms with Crippen LogP contribution in [0, 0.1) is 0 Å². The van der Waals surface area contributed by atoms with E-state index in [1.165, 1.54) is 37.7 Å². The van der Waals surface area contributed by atoms with Crippen LogP contribution in [-0.2, 0) is 0 Å². The van der Waals surface area contributed by atoms with E-state index >= 15 is 0 Å². The highest BCUT2D eigenvalue weighted by Crippen LogP contribution is 2.35. The molecule has 3 unspecified atom stereocenters. The molecule has 0 spiro atoms. The molecule has 0 bridgehead atoms. The van der Waals surface area contributed by atoms with Gasteiger partial charge in [0.05, 0.1) is 12.6 Å². The Bertz CT molecular complexity index is 453. The van der Waals surface area contributed by atoms with Gasteiger partial charge in [-0.25, -0.2) is 0 Å². The summed E-state index contributed by atoms with van der Waals surface area (Å²) in [6.07, 6.45) is 7.42. The number of nitrogens with two attached hydrogens (primary N) is 1. The molecular formula is C20H34N2O. The predicted octanol–water partition coefficient (Wildman–Crippen LogP) is 4.52. The summed E-state index contributed by atoms with van der Waals surface area (Å²) in [6, 6.07) is 9.89. The number of nitrogens with zero attached hydrogens (tertiary/aromatic N) is 1. The van der Waals surface area contributed by atoms with Gasteiger partial charge < -0.3 is 10.5 Å². The summed E-state index contributed by atoms with van der Waals surface area (Å²) in [5.41, 5.74) is 7.46. The van der Waals surface area contributed by atoms with Gasteiger partial charge in [0.2, 0.25) is 0 Å². The van der Waals surface area contributed by atoms with E-state index in [-0.39, 0.29) is 6.04 Å². The number of para-hydroxylation sites is 1. The maximum Gasteiger partial charge on any atom is 0.124 e. The van der Waals surface area contributed by atoms with Crippen LogP contribution in [0.15, 0.2) is 24.3 Å². The van der Waals surface area contributed by atoms with Crippen LogP contribution in [0.4, 0.5) is 0 Å². The van der Waals surface area contributed by atoms with Crippen LogP contribution in [0.3, 0.4) is 0 Å².